The summed E-state index contributed by atoms with van der Waals surface area (Å²) in [5, 5.41) is 14.7. The number of nitrogens with one attached hydrogen (secondary N) is 1. The molecule has 0 atom stereocenters. The maximum absolute atomic E-state index is 11.2. The van der Waals surface area contributed by atoms with Crippen molar-refractivity contribution in [2.75, 3.05) is 11.1 Å². The Morgan fingerprint density at radius 1 is 1.47 bits per heavy atom. The fraction of sp³-hybridized carbons (Fsp3) is 0.231. The predicted molar refractivity (Wildman–Crippen MR) is 77.3 cm³/mol. The van der Waals surface area contributed by atoms with E-state index in [0.717, 1.165) is 5.69 Å². The number of hydrogen-bond donors (Lipinski definition) is 3. The molecule has 19 heavy (non-hydrogen) atoms. The zero-order chi connectivity index (χ0) is 14.0. The number of carboxylic acids is 1. The number of carboxylic acid groups (broad SMARTS) is 1. The van der Waals surface area contributed by atoms with Crippen LogP contribution in [0.4, 0.5) is 16.5 Å². The van der Waals surface area contributed by atoms with Crippen LogP contribution in [0.1, 0.15) is 35.8 Å². The van der Waals surface area contributed by atoms with Crippen LogP contribution < -0.4 is 11.1 Å². The molecule has 2 aromatic rings. The average molecular weight is 277 g/mol. The fourth-order valence-corrected chi connectivity index (χ4v) is 2.48. The molecule has 0 bridgehead atoms. The van der Waals surface area contributed by atoms with Gasteiger partial charge >= 0.3 is 5.97 Å². The van der Waals surface area contributed by atoms with Gasteiger partial charge in [-0.1, -0.05) is 19.9 Å². The van der Waals surface area contributed by atoms with Gasteiger partial charge in [-0.05, 0) is 18.1 Å². The number of benzene rings is 1. The smallest absolute Gasteiger partial charge is 0.337 e. The van der Waals surface area contributed by atoms with Gasteiger partial charge in [-0.3, -0.25) is 0 Å². The van der Waals surface area contributed by atoms with Gasteiger partial charge < -0.3 is 16.2 Å². The van der Waals surface area contributed by atoms with Crippen LogP contribution in [0, 0.1) is 0 Å². The topological polar surface area (TPSA) is 88.2 Å². The van der Waals surface area contributed by atoms with E-state index in [1.807, 2.05) is 5.38 Å². The van der Waals surface area contributed by atoms with Crippen LogP contribution >= 0.6 is 11.3 Å². The summed E-state index contributed by atoms with van der Waals surface area (Å²) in [5.41, 5.74) is 7.71. The average Bonchev–Trinajstić information content (AvgIpc) is 2.80. The lowest BCUT2D eigenvalue weighted by atomic mass is 10.1. The summed E-state index contributed by atoms with van der Waals surface area (Å²) in [6.07, 6.45) is 0. The second-order valence-corrected chi connectivity index (χ2v) is 5.29. The Labute approximate surface area is 115 Å². The van der Waals surface area contributed by atoms with Crippen molar-refractivity contribution >= 4 is 33.8 Å². The van der Waals surface area contributed by atoms with Gasteiger partial charge in [0.2, 0.25) is 0 Å². The zero-order valence-corrected chi connectivity index (χ0v) is 11.5. The van der Waals surface area contributed by atoms with E-state index in [1.54, 1.807) is 12.1 Å². The molecule has 100 valence electrons. The third kappa shape index (κ3) is 2.85. The van der Waals surface area contributed by atoms with Gasteiger partial charge in [-0.2, -0.15) is 0 Å². The monoisotopic (exact) mass is 277 g/mol. The fourth-order valence-electron chi connectivity index (χ4n) is 1.60. The van der Waals surface area contributed by atoms with Crippen molar-refractivity contribution in [2.24, 2.45) is 0 Å². The molecule has 0 aliphatic rings. The van der Waals surface area contributed by atoms with Crippen LogP contribution in [0.25, 0.3) is 0 Å². The first-order chi connectivity index (χ1) is 8.99. The van der Waals surface area contributed by atoms with Crippen molar-refractivity contribution in [1.29, 1.82) is 0 Å². The minimum atomic E-state index is -1.02. The van der Waals surface area contributed by atoms with Crippen molar-refractivity contribution in [3.8, 4) is 0 Å². The molecule has 0 unspecified atom stereocenters. The lowest BCUT2D eigenvalue weighted by molar-refractivity contribution is 0.0698. The molecule has 0 fully saturated rings. The third-order valence-electron chi connectivity index (χ3n) is 2.67. The molecule has 0 aliphatic carbocycles. The molecule has 1 aromatic carbocycles. The van der Waals surface area contributed by atoms with Crippen LogP contribution in [0.5, 0.6) is 0 Å². The molecular weight excluding hydrogens is 262 g/mol. The first-order valence-corrected chi connectivity index (χ1v) is 6.71. The van der Waals surface area contributed by atoms with Crippen molar-refractivity contribution in [1.82, 2.24) is 4.98 Å². The molecule has 0 spiro atoms. The van der Waals surface area contributed by atoms with Gasteiger partial charge in [0.1, 0.15) is 0 Å². The van der Waals surface area contributed by atoms with Gasteiger partial charge in [0.05, 0.1) is 22.6 Å². The molecule has 0 saturated heterocycles. The number of aromatic carboxylic acids is 1. The summed E-state index contributed by atoms with van der Waals surface area (Å²) in [5.74, 6) is -0.686. The zero-order valence-electron chi connectivity index (χ0n) is 10.7. The summed E-state index contributed by atoms with van der Waals surface area (Å²) >= 11 is 1.43. The van der Waals surface area contributed by atoms with Crippen molar-refractivity contribution in [3.05, 3.63) is 34.8 Å². The number of nitrogens with two attached hydrogens (primary N) is 1. The lowest BCUT2D eigenvalue weighted by Crippen LogP contribution is -2.05. The summed E-state index contributed by atoms with van der Waals surface area (Å²) in [7, 11) is 0. The number of nitrogen functional groups attached to an aromatic ring is 1. The molecule has 0 saturated carbocycles. The van der Waals surface area contributed by atoms with Gasteiger partial charge in [0.15, 0.2) is 5.13 Å². The van der Waals surface area contributed by atoms with E-state index in [4.69, 9.17) is 10.8 Å². The first kappa shape index (κ1) is 13.4. The number of thiazole rings is 1. The molecule has 6 heteroatoms. The highest BCUT2D eigenvalue weighted by atomic mass is 32.1. The lowest BCUT2D eigenvalue weighted by Gasteiger charge is -2.09. The maximum atomic E-state index is 11.2. The van der Waals surface area contributed by atoms with Gasteiger partial charge in [0.25, 0.3) is 0 Å². The number of nitrogens with zero attached hydrogens (tertiary/aromatic N) is 1. The third-order valence-corrected chi connectivity index (χ3v) is 3.45. The van der Waals surface area contributed by atoms with Crippen LogP contribution in [0.15, 0.2) is 23.6 Å². The number of hydrogen-bond acceptors (Lipinski definition) is 5. The first-order valence-electron chi connectivity index (χ1n) is 5.83. The van der Waals surface area contributed by atoms with E-state index in [9.17, 15) is 4.79 Å². The number of aromatic nitrogens is 1. The summed E-state index contributed by atoms with van der Waals surface area (Å²) in [6, 6.07) is 4.79. The van der Waals surface area contributed by atoms with E-state index >= 15 is 0 Å². The number of carbonyl (C=O) groups is 1. The molecule has 0 amide bonds. The van der Waals surface area contributed by atoms with E-state index in [-0.39, 0.29) is 5.56 Å². The molecule has 1 aromatic heterocycles. The van der Waals surface area contributed by atoms with E-state index in [2.05, 4.69) is 24.1 Å². The highest BCUT2D eigenvalue weighted by Crippen LogP contribution is 2.30. The molecule has 5 nitrogen and oxygen atoms in total. The SMILES string of the molecule is CC(C)c1csc(Nc2c(N)cccc2C(=O)O)n1. The Kier molecular flexibility index (Phi) is 3.71. The summed E-state index contributed by atoms with van der Waals surface area (Å²) in [6.45, 7) is 4.11. The number of rotatable bonds is 4. The van der Waals surface area contributed by atoms with Gasteiger partial charge in [-0.25, -0.2) is 9.78 Å². The van der Waals surface area contributed by atoms with E-state index in [0.29, 0.717) is 22.4 Å². The summed E-state index contributed by atoms with van der Waals surface area (Å²) in [4.78, 5) is 15.6. The maximum Gasteiger partial charge on any atom is 0.337 e. The highest BCUT2D eigenvalue weighted by Gasteiger charge is 2.14. The quantitative estimate of drug-likeness (QED) is 0.746. The number of para-hydroxylation sites is 1. The summed E-state index contributed by atoms with van der Waals surface area (Å²) < 4.78 is 0. The molecular formula is C13H15N3O2S. The minimum absolute atomic E-state index is 0.140. The Morgan fingerprint density at radius 3 is 2.79 bits per heavy atom. The molecule has 1 heterocycles. The Balaban J connectivity index is 2.34. The second kappa shape index (κ2) is 5.27. The minimum Gasteiger partial charge on any atom is -0.478 e. The van der Waals surface area contributed by atoms with Crippen LogP contribution in [0.3, 0.4) is 0 Å². The Bertz CT molecular complexity index is 608. The van der Waals surface area contributed by atoms with E-state index < -0.39 is 5.97 Å². The van der Waals surface area contributed by atoms with Crippen LogP contribution in [-0.4, -0.2) is 16.1 Å². The standard InChI is InChI=1S/C13H15N3O2S/c1-7(2)10-6-19-13(15-10)16-11-8(12(17)18)4-3-5-9(11)14/h3-7H,14H2,1-2H3,(H,15,16)(H,17,18). The molecule has 2 rings (SSSR count). The largest absolute Gasteiger partial charge is 0.478 e. The van der Waals surface area contributed by atoms with Crippen molar-refractivity contribution in [2.45, 2.75) is 19.8 Å². The van der Waals surface area contributed by atoms with Crippen LogP contribution in [-0.2, 0) is 0 Å². The van der Waals surface area contributed by atoms with Gasteiger partial charge in [-0.15, -0.1) is 11.3 Å². The molecule has 4 N–H and O–H groups in total. The second-order valence-electron chi connectivity index (χ2n) is 4.43. The molecule has 0 aliphatic heterocycles. The number of anilines is 3. The highest BCUT2D eigenvalue weighted by molar-refractivity contribution is 7.13. The van der Waals surface area contributed by atoms with E-state index in [1.165, 1.54) is 17.4 Å². The van der Waals surface area contributed by atoms with Crippen LogP contribution in [0.2, 0.25) is 0 Å². The van der Waals surface area contributed by atoms with Crippen molar-refractivity contribution in [3.63, 3.8) is 0 Å². The molecule has 0 radical (unpaired) electrons. The normalized spacial score (nSPS) is 10.7. The predicted octanol–water partition coefficient (Wildman–Crippen LogP) is 3.29. The van der Waals surface area contributed by atoms with Crippen molar-refractivity contribution < 1.29 is 9.90 Å². The van der Waals surface area contributed by atoms with Gasteiger partial charge in [0, 0.05) is 5.38 Å². The Hall–Kier alpha value is -2.08. The Morgan fingerprint density at radius 2 is 2.21 bits per heavy atom.